The molecule has 0 amide bonds. The van der Waals surface area contributed by atoms with Gasteiger partial charge in [0.15, 0.2) is 6.79 Å². The summed E-state index contributed by atoms with van der Waals surface area (Å²) < 4.78 is 15.5. The van der Waals surface area contributed by atoms with E-state index in [1.54, 1.807) is 13.2 Å². The van der Waals surface area contributed by atoms with E-state index < -0.39 is 0 Å². The van der Waals surface area contributed by atoms with Crippen LogP contribution in [0.15, 0.2) is 22.7 Å². The normalized spacial score (nSPS) is 10.8. The number of carbonyl (C=O) groups excluding carboxylic acids is 1. The van der Waals surface area contributed by atoms with E-state index in [2.05, 4.69) is 20.7 Å². The van der Waals surface area contributed by atoms with Gasteiger partial charge in [-0.2, -0.15) is 0 Å². The smallest absolute Gasteiger partial charge is 0.305 e. The van der Waals surface area contributed by atoms with E-state index in [1.807, 2.05) is 18.2 Å². The zero-order chi connectivity index (χ0) is 15.0. The molecule has 4 nitrogen and oxygen atoms in total. The van der Waals surface area contributed by atoms with Crippen LogP contribution >= 0.6 is 27.5 Å². The molecule has 0 saturated heterocycles. The van der Waals surface area contributed by atoms with E-state index in [-0.39, 0.29) is 12.8 Å². The molecule has 0 aromatic heterocycles. The lowest BCUT2D eigenvalue weighted by Gasteiger charge is -2.08. The van der Waals surface area contributed by atoms with Crippen molar-refractivity contribution in [3.8, 4) is 5.75 Å². The van der Waals surface area contributed by atoms with Gasteiger partial charge in [0, 0.05) is 23.6 Å². The molecule has 110 valence electrons. The first kappa shape index (κ1) is 17.0. The van der Waals surface area contributed by atoms with E-state index in [0.29, 0.717) is 23.6 Å². The SMILES string of the molecule is COCOc1cc(Cl)c(/C=C/CCC(=O)OC)c(Br)c1. The number of esters is 1. The first-order chi connectivity index (χ1) is 9.58. The summed E-state index contributed by atoms with van der Waals surface area (Å²) in [6.45, 7) is 0.164. The van der Waals surface area contributed by atoms with Gasteiger partial charge in [0.2, 0.25) is 0 Å². The minimum Gasteiger partial charge on any atom is -0.469 e. The Kier molecular flexibility index (Phi) is 7.65. The molecule has 0 aliphatic heterocycles. The number of halogens is 2. The van der Waals surface area contributed by atoms with Crippen molar-refractivity contribution in [3.63, 3.8) is 0 Å². The van der Waals surface area contributed by atoms with Gasteiger partial charge in [-0.1, -0.05) is 23.8 Å². The molecule has 0 aliphatic rings. The second kappa shape index (κ2) is 9.00. The standard InChI is InChI=1S/C14H16BrClO4/c1-18-9-20-10-7-12(15)11(13(16)8-10)5-3-4-6-14(17)19-2/h3,5,7-8H,4,6,9H2,1-2H3/b5-3+. The summed E-state index contributed by atoms with van der Waals surface area (Å²) in [5.41, 5.74) is 0.835. The molecule has 0 fully saturated rings. The van der Waals surface area contributed by atoms with Crippen molar-refractivity contribution in [1.29, 1.82) is 0 Å². The third-order valence-electron chi connectivity index (χ3n) is 2.42. The quantitative estimate of drug-likeness (QED) is 0.541. The molecule has 0 aliphatic carbocycles. The largest absolute Gasteiger partial charge is 0.469 e. The van der Waals surface area contributed by atoms with Gasteiger partial charge in [0.05, 0.1) is 12.1 Å². The summed E-state index contributed by atoms with van der Waals surface area (Å²) in [6.07, 6.45) is 4.67. The lowest BCUT2D eigenvalue weighted by atomic mass is 10.1. The van der Waals surface area contributed by atoms with Crippen molar-refractivity contribution in [3.05, 3.63) is 33.3 Å². The maximum absolute atomic E-state index is 11.0. The van der Waals surface area contributed by atoms with Gasteiger partial charge < -0.3 is 14.2 Å². The molecule has 0 N–H and O–H groups in total. The lowest BCUT2D eigenvalue weighted by molar-refractivity contribution is -0.140. The van der Waals surface area contributed by atoms with Crippen molar-refractivity contribution >= 4 is 39.6 Å². The molecule has 0 heterocycles. The highest BCUT2D eigenvalue weighted by atomic mass is 79.9. The van der Waals surface area contributed by atoms with Crippen LogP contribution in [0.1, 0.15) is 18.4 Å². The molecule has 20 heavy (non-hydrogen) atoms. The van der Waals surface area contributed by atoms with Gasteiger partial charge in [-0.15, -0.1) is 0 Å². The fourth-order valence-corrected chi connectivity index (χ4v) is 2.39. The average molecular weight is 364 g/mol. The van der Waals surface area contributed by atoms with Crippen LogP contribution in [0.4, 0.5) is 0 Å². The molecular formula is C14H16BrClO4. The number of rotatable bonds is 7. The molecule has 0 spiro atoms. The van der Waals surface area contributed by atoms with E-state index in [0.717, 1.165) is 10.0 Å². The molecule has 1 aromatic carbocycles. The van der Waals surface area contributed by atoms with Crippen molar-refractivity contribution in [2.75, 3.05) is 21.0 Å². The number of allylic oxidation sites excluding steroid dienone is 1. The first-order valence-corrected chi connectivity index (χ1v) is 7.09. The van der Waals surface area contributed by atoms with Crippen LogP contribution in [0, 0.1) is 0 Å². The minimum absolute atomic E-state index is 0.164. The van der Waals surface area contributed by atoms with Crippen molar-refractivity contribution in [2.24, 2.45) is 0 Å². The molecule has 0 unspecified atom stereocenters. The van der Waals surface area contributed by atoms with E-state index in [1.165, 1.54) is 7.11 Å². The second-order valence-electron chi connectivity index (χ2n) is 3.87. The van der Waals surface area contributed by atoms with Crippen LogP contribution < -0.4 is 4.74 Å². The average Bonchev–Trinajstić information content (AvgIpc) is 2.43. The maximum atomic E-state index is 11.0. The van der Waals surface area contributed by atoms with Gasteiger partial charge in [-0.3, -0.25) is 4.79 Å². The molecule has 6 heteroatoms. The van der Waals surface area contributed by atoms with Gasteiger partial charge in [0.1, 0.15) is 5.75 Å². The maximum Gasteiger partial charge on any atom is 0.305 e. The van der Waals surface area contributed by atoms with Crippen LogP contribution in [-0.4, -0.2) is 27.0 Å². The van der Waals surface area contributed by atoms with Crippen LogP contribution in [-0.2, 0) is 14.3 Å². The Morgan fingerprint density at radius 3 is 2.75 bits per heavy atom. The summed E-state index contributed by atoms with van der Waals surface area (Å²) in [6, 6.07) is 3.52. The van der Waals surface area contributed by atoms with Gasteiger partial charge >= 0.3 is 5.97 Å². The summed E-state index contributed by atoms with van der Waals surface area (Å²) in [4.78, 5) is 11.0. The van der Waals surface area contributed by atoms with Crippen LogP contribution in [0.3, 0.4) is 0 Å². The first-order valence-electron chi connectivity index (χ1n) is 5.92. The molecule has 1 rings (SSSR count). The third kappa shape index (κ3) is 5.53. The lowest BCUT2D eigenvalue weighted by Crippen LogP contribution is -1.99. The van der Waals surface area contributed by atoms with Crippen LogP contribution in [0.5, 0.6) is 5.75 Å². The van der Waals surface area contributed by atoms with E-state index in [4.69, 9.17) is 21.1 Å². The number of carbonyl (C=O) groups is 1. The Morgan fingerprint density at radius 2 is 2.15 bits per heavy atom. The fourth-order valence-electron chi connectivity index (χ4n) is 1.43. The number of hydrogen-bond donors (Lipinski definition) is 0. The Morgan fingerprint density at radius 1 is 1.40 bits per heavy atom. The van der Waals surface area contributed by atoms with Gasteiger partial charge in [-0.05, 0) is 34.5 Å². The van der Waals surface area contributed by atoms with Gasteiger partial charge in [0.25, 0.3) is 0 Å². The van der Waals surface area contributed by atoms with E-state index in [9.17, 15) is 4.79 Å². The zero-order valence-corrected chi connectivity index (χ0v) is 13.7. The Labute approximate surface area is 131 Å². The Hall–Kier alpha value is -1.04. The fraction of sp³-hybridized carbons (Fsp3) is 0.357. The number of hydrogen-bond acceptors (Lipinski definition) is 4. The molecule has 0 saturated carbocycles. The topological polar surface area (TPSA) is 44.8 Å². The predicted octanol–water partition coefficient (Wildman–Crippen LogP) is 4.05. The summed E-state index contributed by atoms with van der Waals surface area (Å²) >= 11 is 9.63. The van der Waals surface area contributed by atoms with Gasteiger partial charge in [-0.25, -0.2) is 0 Å². The van der Waals surface area contributed by atoms with Crippen molar-refractivity contribution < 1.29 is 19.0 Å². The summed E-state index contributed by atoms with van der Waals surface area (Å²) in [5, 5.41) is 0.555. The summed E-state index contributed by atoms with van der Waals surface area (Å²) in [7, 11) is 2.92. The van der Waals surface area contributed by atoms with Crippen LogP contribution in [0.25, 0.3) is 6.08 Å². The monoisotopic (exact) mass is 362 g/mol. The van der Waals surface area contributed by atoms with E-state index >= 15 is 0 Å². The highest BCUT2D eigenvalue weighted by molar-refractivity contribution is 9.10. The summed E-state index contributed by atoms with van der Waals surface area (Å²) in [5.74, 6) is 0.388. The Bertz CT molecular complexity index is 465. The predicted molar refractivity (Wildman–Crippen MR) is 81.9 cm³/mol. The zero-order valence-electron chi connectivity index (χ0n) is 11.3. The number of methoxy groups -OCH3 is 2. The van der Waals surface area contributed by atoms with Crippen LogP contribution in [0.2, 0.25) is 5.02 Å². The van der Waals surface area contributed by atoms with Crippen molar-refractivity contribution in [2.45, 2.75) is 12.8 Å². The Balaban J connectivity index is 2.70. The third-order valence-corrected chi connectivity index (χ3v) is 3.39. The minimum atomic E-state index is -0.233. The molecular weight excluding hydrogens is 348 g/mol. The molecule has 0 bridgehead atoms. The molecule has 0 radical (unpaired) electrons. The highest BCUT2D eigenvalue weighted by Crippen LogP contribution is 2.31. The highest BCUT2D eigenvalue weighted by Gasteiger charge is 2.06. The number of benzene rings is 1. The molecule has 0 atom stereocenters. The second-order valence-corrected chi connectivity index (χ2v) is 5.13. The number of ether oxygens (including phenoxy) is 3. The van der Waals surface area contributed by atoms with Crippen molar-refractivity contribution in [1.82, 2.24) is 0 Å². The molecule has 1 aromatic rings.